The predicted molar refractivity (Wildman–Crippen MR) is 80.6 cm³/mol. The molecular formula is C16H24N2O2. The summed E-state index contributed by atoms with van der Waals surface area (Å²) < 4.78 is 0. The van der Waals surface area contributed by atoms with Crippen LogP contribution in [0.15, 0.2) is 24.3 Å². The van der Waals surface area contributed by atoms with Crippen LogP contribution in [0, 0.1) is 12.8 Å². The van der Waals surface area contributed by atoms with Crippen LogP contribution in [0.1, 0.15) is 31.7 Å². The van der Waals surface area contributed by atoms with Crippen molar-refractivity contribution in [2.45, 2.75) is 45.3 Å². The average Bonchev–Trinajstić information content (AvgIpc) is 2.84. The summed E-state index contributed by atoms with van der Waals surface area (Å²) in [7, 11) is 0. The number of hydrogen-bond donors (Lipinski definition) is 3. The Hall–Kier alpha value is -1.39. The van der Waals surface area contributed by atoms with Gasteiger partial charge in [0.2, 0.25) is 5.91 Å². The van der Waals surface area contributed by atoms with Gasteiger partial charge in [0.15, 0.2) is 0 Å². The summed E-state index contributed by atoms with van der Waals surface area (Å²) >= 11 is 0. The number of carbonyl (C=O) groups excluding carboxylic acids is 1. The number of amides is 1. The first kappa shape index (κ1) is 15.0. The number of aryl methyl sites for hydroxylation is 1. The van der Waals surface area contributed by atoms with Crippen LogP contribution in [-0.4, -0.2) is 29.7 Å². The minimum absolute atomic E-state index is 0.0404. The van der Waals surface area contributed by atoms with Crippen molar-refractivity contribution in [1.82, 2.24) is 5.32 Å². The number of anilines is 1. The Balaban J connectivity index is 1.78. The molecule has 110 valence electrons. The van der Waals surface area contributed by atoms with Gasteiger partial charge in [0, 0.05) is 12.2 Å². The summed E-state index contributed by atoms with van der Waals surface area (Å²) in [5, 5.41) is 15.9. The number of benzene rings is 1. The number of aliphatic hydroxyl groups excluding tert-OH is 1. The van der Waals surface area contributed by atoms with Gasteiger partial charge in [0.1, 0.15) is 0 Å². The van der Waals surface area contributed by atoms with E-state index in [1.54, 1.807) is 0 Å². The quantitative estimate of drug-likeness (QED) is 0.771. The standard InChI is InChI=1S/C16H24N2O2/c1-11-6-8-14(9-7-11)18-16(20)12(2)17-10-13-4-3-5-15(13)19/h6-9,12-13,15,17,19H,3-5,10H2,1-2H3,(H,18,20). The molecule has 0 saturated heterocycles. The van der Waals surface area contributed by atoms with Crippen molar-refractivity contribution >= 4 is 11.6 Å². The minimum Gasteiger partial charge on any atom is -0.393 e. The van der Waals surface area contributed by atoms with E-state index in [1.165, 1.54) is 5.56 Å². The lowest BCUT2D eigenvalue weighted by Gasteiger charge is -2.19. The number of carbonyl (C=O) groups is 1. The first-order valence-electron chi connectivity index (χ1n) is 7.35. The average molecular weight is 276 g/mol. The Morgan fingerprint density at radius 2 is 2.05 bits per heavy atom. The predicted octanol–water partition coefficient (Wildman–Crippen LogP) is 2.07. The highest BCUT2D eigenvalue weighted by Gasteiger charge is 2.25. The third kappa shape index (κ3) is 4.05. The zero-order valence-electron chi connectivity index (χ0n) is 12.2. The topological polar surface area (TPSA) is 61.4 Å². The van der Waals surface area contributed by atoms with Crippen LogP contribution < -0.4 is 10.6 Å². The van der Waals surface area contributed by atoms with E-state index in [2.05, 4.69) is 10.6 Å². The zero-order valence-corrected chi connectivity index (χ0v) is 12.2. The Kier molecular flexibility index (Phi) is 5.15. The van der Waals surface area contributed by atoms with Gasteiger partial charge in [-0.25, -0.2) is 0 Å². The molecule has 1 amide bonds. The highest BCUT2D eigenvalue weighted by Crippen LogP contribution is 2.24. The molecule has 3 unspecified atom stereocenters. The van der Waals surface area contributed by atoms with Gasteiger partial charge in [-0.05, 0) is 44.7 Å². The molecule has 0 heterocycles. The lowest BCUT2D eigenvalue weighted by molar-refractivity contribution is -0.117. The van der Waals surface area contributed by atoms with Crippen molar-refractivity contribution in [2.24, 2.45) is 5.92 Å². The second kappa shape index (κ2) is 6.86. The van der Waals surface area contributed by atoms with E-state index in [0.29, 0.717) is 6.54 Å². The summed E-state index contributed by atoms with van der Waals surface area (Å²) in [5.74, 6) is 0.242. The fraction of sp³-hybridized carbons (Fsp3) is 0.562. The van der Waals surface area contributed by atoms with Gasteiger partial charge in [0.05, 0.1) is 12.1 Å². The van der Waals surface area contributed by atoms with Crippen LogP contribution in [0.5, 0.6) is 0 Å². The van der Waals surface area contributed by atoms with Gasteiger partial charge in [-0.2, -0.15) is 0 Å². The van der Waals surface area contributed by atoms with E-state index in [9.17, 15) is 9.90 Å². The van der Waals surface area contributed by atoms with E-state index in [4.69, 9.17) is 0 Å². The second-order valence-electron chi connectivity index (χ2n) is 5.74. The van der Waals surface area contributed by atoms with E-state index in [1.807, 2.05) is 38.1 Å². The molecule has 0 aromatic heterocycles. The molecule has 1 fully saturated rings. The number of rotatable bonds is 5. The molecule has 1 saturated carbocycles. The molecular weight excluding hydrogens is 252 g/mol. The maximum absolute atomic E-state index is 12.0. The molecule has 20 heavy (non-hydrogen) atoms. The SMILES string of the molecule is Cc1ccc(NC(=O)C(C)NCC2CCCC2O)cc1. The molecule has 4 heteroatoms. The first-order valence-corrected chi connectivity index (χ1v) is 7.35. The van der Waals surface area contributed by atoms with Gasteiger partial charge in [-0.1, -0.05) is 24.1 Å². The summed E-state index contributed by atoms with van der Waals surface area (Å²) in [6.07, 6.45) is 2.80. The second-order valence-corrected chi connectivity index (χ2v) is 5.74. The van der Waals surface area contributed by atoms with Gasteiger partial charge in [-0.3, -0.25) is 4.79 Å². The highest BCUT2D eigenvalue weighted by atomic mass is 16.3. The highest BCUT2D eigenvalue weighted by molar-refractivity contribution is 5.94. The molecule has 0 radical (unpaired) electrons. The summed E-state index contributed by atoms with van der Waals surface area (Å²) in [6, 6.07) is 7.50. The Labute approximate surface area is 120 Å². The van der Waals surface area contributed by atoms with Crippen LogP contribution >= 0.6 is 0 Å². The maximum atomic E-state index is 12.0. The molecule has 2 rings (SSSR count). The van der Waals surface area contributed by atoms with Crippen molar-refractivity contribution < 1.29 is 9.90 Å². The molecule has 3 atom stereocenters. The van der Waals surface area contributed by atoms with E-state index < -0.39 is 0 Å². The van der Waals surface area contributed by atoms with Crippen LogP contribution in [0.4, 0.5) is 5.69 Å². The molecule has 1 aromatic rings. The largest absolute Gasteiger partial charge is 0.393 e. The van der Waals surface area contributed by atoms with Crippen molar-refractivity contribution in [1.29, 1.82) is 0 Å². The van der Waals surface area contributed by atoms with Crippen LogP contribution in [0.25, 0.3) is 0 Å². The smallest absolute Gasteiger partial charge is 0.241 e. The van der Waals surface area contributed by atoms with E-state index >= 15 is 0 Å². The van der Waals surface area contributed by atoms with Gasteiger partial charge in [-0.15, -0.1) is 0 Å². The first-order chi connectivity index (χ1) is 9.56. The number of aliphatic hydroxyl groups is 1. The van der Waals surface area contributed by atoms with E-state index in [-0.39, 0.29) is 24.0 Å². The molecule has 4 nitrogen and oxygen atoms in total. The van der Waals surface area contributed by atoms with Crippen LogP contribution in [-0.2, 0) is 4.79 Å². The lowest BCUT2D eigenvalue weighted by Crippen LogP contribution is -2.41. The Morgan fingerprint density at radius 3 is 2.65 bits per heavy atom. The van der Waals surface area contributed by atoms with Crippen LogP contribution in [0.2, 0.25) is 0 Å². The van der Waals surface area contributed by atoms with Crippen molar-refractivity contribution in [3.63, 3.8) is 0 Å². The van der Waals surface area contributed by atoms with Gasteiger partial charge >= 0.3 is 0 Å². The van der Waals surface area contributed by atoms with Crippen molar-refractivity contribution in [3.8, 4) is 0 Å². The Morgan fingerprint density at radius 1 is 1.35 bits per heavy atom. The minimum atomic E-state index is -0.260. The lowest BCUT2D eigenvalue weighted by atomic mass is 10.1. The molecule has 0 bridgehead atoms. The Bertz CT molecular complexity index is 444. The molecule has 1 aliphatic carbocycles. The molecule has 1 aliphatic rings. The zero-order chi connectivity index (χ0) is 14.5. The molecule has 0 spiro atoms. The summed E-state index contributed by atoms with van der Waals surface area (Å²) in [4.78, 5) is 12.0. The third-order valence-electron chi connectivity index (χ3n) is 4.02. The normalized spacial score (nSPS) is 23.6. The number of nitrogens with one attached hydrogen (secondary N) is 2. The van der Waals surface area contributed by atoms with Crippen LogP contribution in [0.3, 0.4) is 0 Å². The van der Waals surface area contributed by atoms with E-state index in [0.717, 1.165) is 24.9 Å². The summed E-state index contributed by atoms with van der Waals surface area (Å²) in [5.41, 5.74) is 1.99. The number of hydrogen-bond acceptors (Lipinski definition) is 3. The summed E-state index contributed by atoms with van der Waals surface area (Å²) in [6.45, 7) is 4.57. The van der Waals surface area contributed by atoms with Crippen molar-refractivity contribution in [3.05, 3.63) is 29.8 Å². The fourth-order valence-electron chi connectivity index (χ4n) is 2.56. The van der Waals surface area contributed by atoms with Gasteiger partial charge in [0.25, 0.3) is 0 Å². The maximum Gasteiger partial charge on any atom is 0.241 e. The molecule has 3 N–H and O–H groups in total. The monoisotopic (exact) mass is 276 g/mol. The molecule has 1 aromatic carbocycles. The molecule has 0 aliphatic heterocycles. The van der Waals surface area contributed by atoms with Crippen molar-refractivity contribution in [2.75, 3.05) is 11.9 Å². The fourth-order valence-corrected chi connectivity index (χ4v) is 2.56. The van der Waals surface area contributed by atoms with Gasteiger partial charge < -0.3 is 15.7 Å². The third-order valence-corrected chi connectivity index (χ3v) is 4.02.